The van der Waals surface area contributed by atoms with Crippen LogP contribution >= 0.6 is 0 Å². The van der Waals surface area contributed by atoms with Gasteiger partial charge in [-0.2, -0.15) is 0 Å². The Kier molecular flexibility index (Phi) is 6.02. The molecule has 2 aliphatic rings. The summed E-state index contributed by atoms with van der Waals surface area (Å²) >= 11 is 0. The third-order valence-electron chi connectivity index (χ3n) is 4.98. The van der Waals surface area contributed by atoms with Crippen molar-refractivity contribution in [2.24, 2.45) is 0 Å². The standard InChI is InChI=1S/C16H31N3O2/c1-5-21-16(20)15-12-19(11-10-17(15)4)14-6-8-18(9-7-14)13(2)3/h13-15H,5-12H2,1-4H3. The molecule has 1 unspecified atom stereocenters. The zero-order chi connectivity index (χ0) is 15.4. The molecule has 2 aliphatic heterocycles. The lowest BCUT2D eigenvalue weighted by Gasteiger charge is -2.45. The van der Waals surface area contributed by atoms with Crippen LogP contribution in [-0.4, -0.2) is 85.2 Å². The number of carbonyl (C=O) groups excluding carboxylic acids is 1. The first-order valence-corrected chi connectivity index (χ1v) is 8.38. The summed E-state index contributed by atoms with van der Waals surface area (Å²) in [6.07, 6.45) is 2.44. The lowest BCUT2D eigenvalue weighted by atomic mass is 10.00. The second kappa shape index (κ2) is 7.56. The van der Waals surface area contributed by atoms with Gasteiger partial charge in [0, 0.05) is 31.7 Å². The van der Waals surface area contributed by atoms with Crippen molar-refractivity contribution in [2.75, 3.05) is 46.4 Å². The molecular weight excluding hydrogens is 266 g/mol. The van der Waals surface area contributed by atoms with Crippen LogP contribution in [0.15, 0.2) is 0 Å². The third-order valence-corrected chi connectivity index (χ3v) is 4.98. The Hall–Kier alpha value is -0.650. The van der Waals surface area contributed by atoms with Gasteiger partial charge in [0.1, 0.15) is 6.04 Å². The first kappa shape index (κ1) is 16.7. The second-order valence-electron chi connectivity index (χ2n) is 6.60. The highest BCUT2D eigenvalue weighted by molar-refractivity contribution is 5.76. The van der Waals surface area contributed by atoms with E-state index in [-0.39, 0.29) is 12.0 Å². The van der Waals surface area contributed by atoms with Gasteiger partial charge >= 0.3 is 5.97 Å². The van der Waals surface area contributed by atoms with Crippen LogP contribution in [0.25, 0.3) is 0 Å². The molecule has 0 N–H and O–H groups in total. The molecule has 5 nitrogen and oxygen atoms in total. The molecule has 0 aliphatic carbocycles. The Morgan fingerprint density at radius 1 is 1.19 bits per heavy atom. The molecule has 0 saturated carbocycles. The minimum atomic E-state index is -0.0955. The van der Waals surface area contributed by atoms with E-state index in [0.717, 1.165) is 19.6 Å². The van der Waals surface area contributed by atoms with Gasteiger partial charge in [-0.3, -0.25) is 14.6 Å². The van der Waals surface area contributed by atoms with E-state index in [1.165, 1.54) is 25.9 Å². The van der Waals surface area contributed by atoms with Crippen molar-refractivity contribution in [3.05, 3.63) is 0 Å². The van der Waals surface area contributed by atoms with E-state index in [1.54, 1.807) is 0 Å². The number of piperidine rings is 1. The average molecular weight is 297 g/mol. The minimum Gasteiger partial charge on any atom is -0.465 e. The fraction of sp³-hybridized carbons (Fsp3) is 0.938. The van der Waals surface area contributed by atoms with Gasteiger partial charge in [-0.1, -0.05) is 0 Å². The summed E-state index contributed by atoms with van der Waals surface area (Å²) in [5.41, 5.74) is 0. The van der Waals surface area contributed by atoms with E-state index in [9.17, 15) is 4.79 Å². The number of piperazine rings is 1. The molecule has 5 heteroatoms. The maximum atomic E-state index is 12.1. The fourth-order valence-electron chi connectivity index (χ4n) is 3.49. The molecule has 0 bridgehead atoms. The molecule has 2 heterocycles. The Labute approximate surface area is 129 Å². The SMILES string of the molecule is CCOC(=O)C1CN(C2CCN(C(C)C)CC2)CCN1C. The molecule has 2 saturated heterocycles. The summed E-state index contributed by atoms with van der Waals surface area (Å²) in [6, 6.07) is 1.18. The number of nitrogens with zero attached hydrogens (tertiary/aromatic N) is 3. The quantitative estimate of drug-likeness (QED) is 0.725. The van der Waals surface area contributed by atoms with Crippen molar-refractivity contribution in [2.45, 2.75) is 51.7 Å². The van der Waals surface area contributed by atoms with Crippen LogP contribution < -0.4 is 0 Å². The van der Waals surface area contributed by atoms with Crippen LogP contribution in [0.5, 0.6) is 0 Å². The lowest BCUT2D eigenvalue weighted by molar-refractivity contribution is -0.152. The topological polar surface area (TPSA) is 36.0 Å². The summed E-state index contributed by atoms with van der Waals surface area (Å²) in [4.78, 5) is 19.3. The van der Waals surface area contributed by atoms with Gasteiger partial charge in [-0.15, -0.1) is 0 Å². The highest BCUT2D eigenvalue weighted by Gasteiger charge is 2.35. The number of carbonyl (C=O) groups is 1. The highest BCUT2D eigenvalue weighted by Crippen LogP contribution is 2.21. The van der Waals surface area contributed by atoms with Crippen LogP contribution in [0.4, 0.5) is 0 Å². The Morgan fingerprint density at radius 3 is 2.43 bits per heavy atom. The van der Waals surface area contributed by atoms with Gasteiger partial charge in [-0.05, 0) is 53.8 Å². The van der Waals surface area contributed by atoms with E-state index in [1.807, 2.05) is 14.0 Å². The number of hydrogen-bond acceptors (Lipinski definition) is 5. The Balaban J connectivity index is 1.88. The molecule has 0 aromatic heterocycles. The average Bonchev–Trinajstić information content (AvgIpc) is 2.48. The predicted octanol–water partition coefficient (Wildman–Crippen LogP) is 1.04. The van der Waals surface area contributed by atoms with Gasteiger partial charge in [0.2, 0.25) is 0 Å². The maximum absolute atomic E-state index is 12.1. The minimum absolute atomic E-state index is 0.0654. The largest absolute Gasteiger partial charge is 0.465 e. The van der Waals surface area contributed by atoms with Gasteiger partial charge in [0.05, 0.1) is 6.61 Å². The number of hydrogen-bond donors (Lipinski definition) is 0. The normalized spacial score (nSPS) is 27.2. The molecule has 0 spiro atoms. The molecule has 122 valence electrons. The van der Waals surface area contributed by atoms with Crippen molar-refractivity contribution in [1.82, 2.24) is 14.7 Å². The fourth-order valence-corrected chi connectivity index (χ4v) is 3.49. The van der Waals surface area contributed by atoms with E-state index in [0.29, 0.717) is 18.7 Å². The first-order valence-electron chi connectivity index (χ1n) is 8.38. The molecule has 0 amide bonds. The van der Waals surface area contributed by atoms with Gasteiger partial charge in [-0.25, -0.2) is 0 Å². The van der Waals surface area contributed by atoms with Crippen molar-refractivity contribution in [3.63, 3.8) is 0 Å². The van der Waals surface area contributed by atoms with Gasteiger partial charge in [0.15, 0.2) is 0 Å². The van der Waals surface area contributed by atoms with E-state index in [2.05, 4.69) is 28.5 Å². The number of likely N-dealkylation sites (N-methyl/N-ethyl adjacent to an activating group) is 1. The molecule has 2 rings (SSSR count). The number of ether oxygens (including phenoxy) is 1. The van der Waals surface area contributed by atoms with Crippen molar-refractivity contribution < 1.29 is 9.53 Å². The van der Waals surface area contributed by atoms with Crippen molar-refractivity contribution in [3.8, 4) is 0 Å². The Bertz CT molecular complexity index is 340. The number of rotatable bonds is 4. The van der Waals surface area contributed by atoms with Crippen LogP contribution in [0.2, 0.25) is 0 Å². The second-order valence-corrected chi connectivity index (χ2v) is 6.60. The molecule has 0 radical (unpaired) electrons. The van der Waals surface area contributed by atoms with E-state index >= 15 is 0 Å². The summed E-state index contributed by atoms with van der Waals surface area (Å²) in [5.74, 6) is -0.0654. The summed E-state index contributed by atoms with van der Waals surface area (Å²) in [5, 5.41) is 0. The smallest absolute Gasteiger partial charge is 0.324 e. The monoisotopic (exact) mass is 297 g/mol. The molecular formula is C16H31N3O2. The van der Waals surface area contributed by atoms with E-state index < -0.39 is 0 Å². The number of esters is 1. The summed E-state index contributed by atoms with van der Waals surface area (Å²) in [6.45, 7) is 12.1. The summed E-state index contributed by atoms with van der Waals surface area (Å²) < 4.78 is 5.22. The zero-order valence-corrected chi connectivity index (χ0v) is 14.0. The zero-order valence-electron chi connectivity index (χ0n) is 14.0. The van der Waals surface area contributed by atoms with Crippen LogP contribution in [-0.2, 0) is 9.53 Å². The predicted molar refractivity (Wildman–Crippen MR) is 84.4 cm³/mol. The molecule has 2 fully saturated rings. The first-order chi connectivity index (χ1) is 10.0. The highest BCUT2D eigenvalue weighted by atomic mass is 16.5. The van der Waals surface area contributed by atoms with Crippen molar-refractivity contribution in [1.29, 1.82) is 0 Å². The lowest BCUT2D eigenvalue weighted by Crippen LogP contribution is -2.59. The van der Waals surface area contributed by atoms with Crippen molar-refractivity contribution >= 4 is 5.97 Å². The molecule has 1 atom stereocenters. The van der Waals surface area contributed by atoms with E-state index in [4.69, 9.17) is 4.74 Å². The van der Waals surface area contributed by atoms with Crippen LogP contribution in [0.1, 0.15) is 33.6 Å². The number of likely N-dealkylation sites (tertiary alicyclic amines) is 1. The molecule has 0 aromatic rings. The third kappa shape index (κ3) is 4.18. The summed E-state index contributed by atoms with van der Waals surface area (Å²) in [7, 11) is 2.03. The Morgan fingerprint density at radius 2 is 1.86 bits per heavy atom. The maximum Gasteiger partial charge on any atom is 0.324 e. The van der Waals surface area contributed by atoms with Gasteiger partial charge in [0.25, 0.3) is 0 Å². The van der Waals surface area contributed by atoms with Gasteiger partial charge < -0.3 is 9.64 Å². The molecule has 0 aromatic carbocycles. The molecule has 21 heavy (non-hydrogen) atoms. The van der Waals surface area contributed by atoms with Crippen LogP contribution in [0.3, 0.4) is 0 Å². The van der Waals surface area contributed by atoms with Crippen LogP contribution in [0, 0.1) is 0 Å².